The smallest absolute Gasteiger partial charge is 0.251 e. The molecule has 10 heteroatoms. The molecular formula is C27H26ClFN4O4. The molecule has 2 aliphatic rings. The van der Waals surface area contributed by atoms with Crippen molar-refractivity contribution in [1.29, 1.82) is 0 Å². The van der Waals surface area contributed by atoms with Crippen LogP contribution in [-0.2, 0) is 22.7 Å². The van der Waals surface area contributed by atoms with Gasteiger partial charge in [0.05, 0.1) is 11.6 Å². The van der Waals surface area contributed by atoms with E-state index in [0.29, 0.717) is 28.3 Å². The zero-order valence-corrected chi connectivity index (χ0v) is 20.8. The van der Waals surface area contributed by atoms with E-state index in [1.807, 2.05) is 0 Å². The van der Waals surface area contributed by atoms with E-state index in [-0.39, 0.29) is 54.1 Å². The van der Waals surface area contributed by atoms with Crippen molar-refractivity contribution in [2.24, 2.45) is 0 Å². The number of fused-ring (bicyclic) bond motifs is 1. The number of carbonyl (C=O) groups is 4. The van der Waals surface area contributed by atoms with Gasteiger partial charge in [0.15, 0.2) is 6.29 Å². The van der Waals surface area contributed by atoms with Gasteiger partial charge in [-0.3, -0.25) is 19.2 Å². The summed E-state index contributed by atoms with van der Waals surface area (Å²) in [5.74, 6) is -1.44. The summed E-state index contributed by atoms with van der Waals surface area (Å²) in [6.45, 7) is -0.263. The molecular weight excluding hydrogens is 499 g/mol. The summed E-state index contributed by atoms with van der Waals surface area (Å²) in [5, 5.41) is 6.15. The number of aromatic nitrogens is 1. The van der Waals surface area contributed by atoms with Crippen molar-refractivity contribution in [2.75, 3.05) is 6.54 Å². The normalized spacial score (nSPS) is 14.9. The first-order chi connectivity index (χ1) is 17.8. The third-order valence-corrected chi connectivity index (χ3v) is 6.94. The van der Waals surface area contributed by atoms with E-state index in [2.05, 4.69) is 10.6 Å². The van der Waals surface area contributed by atoms with Gasteiger partial charge in [-0.25, -0.2) is 4.39 Å². The number of hydrogen-bond acceptors (Lipinski definition) is 4. The quantitative estimate of drug-likeness (QED) is 0.397. The van der Waals surface area contributed by atoms with Crippen LogP contribution in [0.1, 0.15) is 52.0 Å². The lowest BCUT2D eigenvalue weighted by molar-refractivity contribution is -0.137. The molecule has 3 aromatic rings. The van der Waals surface area contributed by atoms with E-state index in [1.54, 1.807) is 35.0 Å². The predicted molar refractivity (Wildman–Crippen MR) is 136 cm³/mol. The highest BCUT2D eigenvalue weighted by molar-refractivity contribution is 6.30. The molecule has 192 valence electrons. The van der Waals surface area contributed by atoms with Crippen LogP contribution in [0.5, 0.6) is 0 Å². The summed E-state index contributed by atoms with van der Waals surface area (Å²) in [6, 6.07) is 9.82. The van der Waals surface area contributed by atoms with Crippen molar-refractivity contribution < 1.29 is 23.6 Å². The van der Waals surface area contributed by atoms with Gasteiger partial charge in [-0.2, -0.15) is 0 Å². The molecule has 3 amide bonds. The summed E-state index contributed by atoms with van der Waals surface area (Å²) in [4.78, 5) is 51.5. The van der Waals surface area contributed by atoms with E-state index >= 15 is 0 Å². The lowest BCUT2D eigenvalue weighted by Gasteiger charge is -2.22. The fourth-order valence-corrected chi connectivity index (χ4v) is 4.51. The standard InChI is InChI=1S/C27H26ClFN4O4/c28-22-3-1-2-17(26(22)29)11-30-24(35)13-33(20-7-8-20)25(36)14-32-12-18(15-34)21-10-16(4-9-23(21)32)27(37)31-19-5-6-19/h1-4,9-10,12,15,19-20H,5-8,11,13-14H2,(H,30,35)(H,31,37). The second-order valence-electron chi connectivity index (χ2n) is 9.55. The molecule has 8 nitrogen and oxygen atoms in total. The Kier molecular flexibility index (Phi) is 6.97. The van der Waals surface area contributed by atoms with Crippen LogP contribution in [0.25, 0.3) is 10.9 Å². The number of halogens is 2. The molecule has 0 spiro atoms. The first-order valence-electron chi connectivity index (χ1n) is 12.2. The SMILES string of the molecule is O=Cc1cn(CC(=O)N(CC(=O)NCc2cccc(Cl)c2F)C2CC2)c2ccc(C(=O)NC3CC3)cc12. The van der Waals surface area contributed by atoms with Gasteiger partial charge < -0.3 is 20.1 Å². The number of benzene rings is 2. The van der Waals surface area contributed by atoms with Crippen molar-refractivity contribution in [3.63, 3.8) is 0 Å². The molecule has 0 atom stereocenters. The van der Waals surface area contributed by atoms with Gasteiger partial charge in [-0.15, -0.1) is 0 Å². The van der Waals surface area contributed by atoms with Crippen LogP contribution in [0, 0.1) is 5.82 Å². The average molecular weight is 525 g/mol. The number of nitrogens with zero attached hydrogens (tertiary/aromatic N) is 2. The molecule has 0 radical (unpaired) electrons. The Labute approximate surface area is 217 Å². The number of hydrogen-bond donors (Lipinski definition) is 2. The number of aldehydes is 1. The minimum Gasteiger partial charge on any atom is -0.350 e. The maximum atomic E-state index is 14.1. The Balaban J connectivity index is 1.27. The monoisotopic (exact) mass is 524 g/mol. The number of rotatable bonds is 10. The Morgan fingerprint density at radius 2 is 1.92 bits per heavy atom. The first kappa shape index (κ1) is 25.0. The topological polar surface area (TPSA) is 101 Å². The van der Waals surface area contributed by atoms with Crippen LogP contribution < -0.4 is 10.6 Å². The Bertz CT molecular complexity index is 1400. The van der Waals surface area contributed by atoms with Crippen molar-refractivity contribution in [3.8, 4) is 0 Å². The predicted octanol–water partition coefficient (Wildman–Crippen LogP) is 3.45. The number of amides is 3. The Morgan fingerprint density at radius 3 is 2.62 bits per heavy atom. The van der Waals surface area contributed by atoms with E-state index in [1.165, 1.54) is 17.0 Å². The highest BCUT2D eigenvalue weighted by Gasteiger charge is 2.34. The summed E-state index contributed by atoms with van der Waals surface area (Å²) < 4.78 is 15.8. The van der Waals surface area contributed by atoms with E-state index in [0.717, 1.165) is 25.7 Å². The minimum absolute atomic E-state index is 0.0224. The Morgan fingerprint density at radius 1 is 1.14 bits per heavy atom. The van der Waals surface area contributed by atoms with Gasteiger partial charge in [0.1, 0.15) is 12.4 Å². The molecule has 2 saturated carbocycles. The van der Waals surface area contributed by atoms with Crippen molar-refractivity contribution in [2.45, 2.75) is 50.9 Å². The zero-order valence-electron chi connectivity index (χ0n) is 20.0. The maximum absolute atomic E-state index is 14.1. The van der Waals surface area contributed by atoms with Crippen LogP contribution in [0.2, 0.25) is 5.02 Å². The molecule has 0 saturated heterocycles. The molecule has 2 aliphatic carbocycles. The van der Waals surface area contributed by atoms with Crippen LogP contribution in [0.3, 0.4) is 0 Å². The van der Waals surface area contributed by atoms with Gasteiger partial charge >= 0.3 is 0 Å². The van der Waals surface area contributed by atoms with Crippen molar-refractivity contribution in [3.05, 3.63) is 70.1 Å². The first-order valence-corrected chi connectivity index (χ1v) is 12.6. The Hall–Kier alpha value is -3.72. The molecule has 0 unspecified atom stereocenters. The maximum Gasteiger partial charge on any atom is 0.251 e. The molecule has 5 rings (SSSR count). The summed E-state index contributed by atoms with van der Waals surface area (Å²) in [5.41, 5.74) is 1.74. The molecule has 0 bridgehead atoms. The van der Waals surface area contributed by atoms with Crippen LogP contribution in [0.4, 0.5) is 4.39 Å². The average Bonchev–Trinajstić information content (AvgIpc) is 3.82. The molecule has 2 fully saturated rings. The van der Waals surface area contributed by atoms with Crippen LogP contribution >= 0.6 is 11.6 Å². The summed E-state index contributed by atoms with van der Waals surface area (Å²) in [6.07, 6.45) is 5.83. The van der Waals surface area contributed by atoms with Crippen LogP contribution in [0.15, 0.2) is 42.6 Å². The summed E-state index contributed by atoms with van der Waals surface area (Å²) in [7, 11) is 0. The van der Waals surface area contributed by atoms with Crippen molar-refractivity contribution in [1.82, 2.24) is 20.1 Å². The molecule has 2 aromatic carbocycles. The minimum atomic E-state index is -0.585. The fourth-order valence-electron chi connectivity index (χ4n) is 4.32. The van der Waals surface area contributed by atoms with E-state index in [4.69, 9.17) is 11.6 Å². The van der Waals surface area contributed by atoms with Gasteiger partial charge in [-0.1, -0.05) is 23.7 Å². The lowest BCUT2D eigenvalue weighted by atomic mass is 10.1. The molecule has 2 N–H and O–H groups in total. The second-order valence-corrected chi connectivity index (χ2v) is 9.96. The lowest BCUT2D eigenvalue weighted by Crippen LogP contribution is -2.43. The fraction of sp³-hybridized carbons (Fsp3) is 0.333. The highest BCUT2D eigenvalue weighted by Crippen LogP contribution is 2.28. The van der Waals surface area contributed by atoms with E-state index in [9.17, 15) is 23.6 Å². The van der Waals surface area contributed by atoms with Gasteiger partial charge in [0, 0.05) is 52.4 Å². The third kappa shape index (κ3) is 5.67. The van der Waals surface area contributed by atoms with Crippen molar-refractivity contribution >= 4 is 46.5 Å². The summed E-state index contributed by atoms with van der Waals surface area (Å²) >= 11 is 5.80. The second kappa shape index (κ2) is 10.3. The molecule has 1 aromatic heterocycles. The van der Waals surface area contributed by atoms with Crippen LogP contribution in [-0.4, -0.2) is 52.1 Å². The number of carbonyl (C=O) groups excluding carboxylic acids is 4. The highest BCUT2D eigenvalue weighted by atomic mass is 35.5. The zero-order chi connectivity index (χ0) is 26.1. The largest absolute Gasteiger partial charge is 0.350 e. The van der Waals surface area contributed by atoms with Gasteiger partial charge in [0.25, 0.3) is 5.91 Å². The molecule has 37 heavy (non-hydrogen) atoms. The van der Waals surface area contributed by atoms with E-state index < -0.39 is 11.7 Å². The third-order valence-electron chi connectivity index (χ3n) is 6.65. The van der Waals surface area contributed by atoms with Gasteiger partial charge in [0.2, 0.25) is 11.8 Å². The number of nitrogens with one attached hydrogen (secondary N) is 2. The van der Waals surface area contributed by atoms with Gasteiger partial charge in [-0.05, 0) is 49.9 Å². The molecule has 0 aliphatic heterocycles. The molecule has 1 heterocycles.